The maximum atomic E-state index is 3.56. The van der Waals surface area contributed by atoms with Crippen LogP contribution in [0.1, 0.15) is 24.0 Å². The maximum Gasteiger partial charge on any atom is 0.00683 e. The molecule has 1 aliphatic rings. The van der Waals surface area contributed by atoms with Crippen LogP contribution in [0.5, 0.6) is 0 Å². The Morgan fingerprint density at radius 1 is 1.06 bits per heavy atom. The van der Waals surface area contributed by atoms with Crippen LogP contribution in [0, 0.1) is 6.92 Å². The zero-order valence-electron chi connectivity index (χ0n) is 10.4. The second-order valence-corrected chi connectivity index (χ2v) is 5.16. The van der Waals surface area contributed by atoms with Crippen LogP contribution < -0.4 is 5.32 Å². The van der Waals surface area contributed by atoms with Crippen LogP contribution in [0.3, 0.4) is 0 Å². The molecule has 2 aromatic carbocycles. The second kappa shape index (κ2) is 4.50. The summed E-state index contributed by atoms with van der Waals surface area (Å²) in [5.41, 5.74) is 2.77. The second-order valence-electron chi connectivity index (χ2n) is 5.16. The molecule has 1 aliphatic carbocycles. The first-order valence-electron chi connectivity index (χ1n) is 6.54. The number of benzene rings is 2. The first kappa shape index (κ1) is 10.8. The molecule has 1 fully saturated rings. The van der Waals surface area contributed by atoms with Crippen molar-refractivity contribution in [2.24, 2.45) is 0 Å². The Bertz CT molecular complexity index is 526. The molecule has 1 saturated carbocycles. The topological polar surface area (TPSA) is 12.0 Å². The number of aryl methyl sites for hydroxylation is 1. The fourth-order valence-electron chi connectivity index (χ4n) is 2.28. The molecule has 0 amide bonds. The molecular formula is C16H19N. The average molecular weight is 225 g/mol. The Kier molecular flexibility index (Phi) is 2.86. The van der Waals surface area contributed by atoms with Crippen LogP contribution in [0.15, 0.2) is 36.4 Å². The first-order valence-corrected chi connectivity index (χ1v) is 6.54. The van der Waals surface area contributed by atoms with Gasteiger partial charge in [0.2, 0.25) is 0 Å². The van der Waals surface area contributed by atoms with Crippen molar-refractivity contribution in [3.05, 3.63) is 47.5 Å². The monoisotopic (exact) mass is 225 g/mol. The maximum absolute atomic E-state index is 3.56. The van der Waals surface area contributed by atoms with Crippen molar-refractivity contribution >= 4 is 10.8 Å². The predicted molar refractivity (Wildman–Crippen MR) is 73.4 cm³/mol. The molecule has 0 aromatic heterocycles. The lowest BCUT2D eigenvalue weighted by atomic mass is 10.0. The number of hydrogen-bond donors (Lipinski definition) is 1. The summed E-state index contributed by atoms with van der Waals surface area (Å²) in [7, 11) is 0. The van der Waals surface area contributed by atoms with Crippen LogP contribution in [-0.4, -0.2) is 12.6 Å². The molecule has 1 N–H and O–H groups in total. The van der Waals surface area contributed by atoms with Gasteiger partial charge in [-0.3, -0.25) is 0 Å². The van der Waals surface area contributed by atoms with Crippen LogP contribution >= 0.6 is 0 Å². The fourth-order valence-corrected chi connectivity index (χ4v) is 2.28. The van der Waals surface area contributed by atoms with Gasteiger partial charge in [-0.2, -0.15) is 0 Å². The molecule has 88 valence electrons. The zero-order chi connectivity index (χ0) is 11.7. The molecular weight excluding hydrogens is 206 g/mol. The Labute approximate surface area is 103 Å². The van der Waals surface area contributed by atoms with Crippen LogP contribution in [0.25, 0.3) is 10.8 Å². The third-order valence-electron chi connectivity index (χ3n) is 3.48. The van der Waals surface area contributed by atoms with E-state index in [2.05, 4.69) is 48.6 Å². The summed E-state index contributed by atoms with van der Waals surface area (Å²) in [6, 6.07) is 14.3. The lowest BCUT2D eigenvalue weighted by Gasteiger charge is -2.05. The molecule has 0 atom stereocenters. The van der Waals surface area contributed by atoms with Gasteiger partial charge in [-0.25, -0.2) is 0 Å². The predicted octanol–water partition coefficient (Wildman–Crippen LogP) is 3.44. The van der Waals surface area contributed by atoms with Crippen LogP contribution in [-0.2, 0) is 6.42 Å². The Morgan fingerprint density at radius 3 is 2.65 bits per heavy atom. The minimum Gasteiger partial charge on any atom is -0.314 e. The van der Waals surface area contributed by atoms with E-state index in [-0.39, 0.29) is 0 Å². The Morgan fingerprint density at radius 2 is 1.82 bits per heavy atom. The lowest BCUT2D eigenvalue weighted by Crippen LogP contribution is -2.19. The Hall–Kier alpha value is -1.34. The molecule has 0 bridgehead atoms. The molecule has 0 aliphatic heterocycles. The van der Waals surface area contributed by atoms with Crippen molar-refractivity contribution in [2.45, 2.75) is 32.2 Å². The van der Waals surface area contributed by atoms with E-state index in [1.54, 1.807) is 0 Å². The van der Waals surface area contributed by atoms with Crippen molar-refractivity contribution in [3.63, 3.8) is 0 Å². The first-order chi connectivity index (χ1) is 8.31. The summed E-state index contributed by atoms with van der Waals surface area (Å²) >= 11 is 0. The van der Waals surface area contributed by atoms with Crippen molar-refractivity contribution in [3.8, 4) is 0 Å². The van der Waals surface area contributed by atoms with Gasteiger partial charge in [0.25, 0.3) is 0 Å². The SMILES string of the molecule is Cc1ccc2cc(CCNC3CC3)ccc2c1. The Balaban J connectivity index is 1.73. The van der Waals surface area contributed by atoms with Crippen molar-refractivity contribution in [2.75, 3.05) is 6.54 Å². The van der Waals surface area contributed by atoms with Gasteiger partial charge in [0.05, 0.1) is 0 Å². The summed E-state index contributed by atoms with van der Waals surface area (Å²) in [6.07, 6.45) is 3.88. The average Bonchev–Trinajstić information content (AvgIpc) is 3.13. The summed E-state index contributed by atoms with van der Waals surface area (Å²) < 4.78 is 0. The van der Waals surface area contributed by atoms with E-state index in [0.717, 1.165) is 19.0 Å². The van der Waals surface area contributed by atoms with E-state index in [0.29, 0.717) is 0 Å². The van der Waals surface area contributed by atoms with Gasteiger partial charge >= 0.3 is 0 Å². The highest BCUT2D eigenvalue weighted by molar-refractivity contribution is 5.83. The number of hydrogen-bond acceptors (Lipinski definition) is 1. The largest absolute Gasteiger partial charge is 0.314 e. The van der Waals surface area contributed by atoms with E-state index in [1.807, 2.05) is 0 Å². The summed E-state index contributed by atoms with van der Waals surface area (Å²) in [4.78, 5) is 0. The third-order valence-corrected chi connectivity index (χ3v) is 3.48. The van der Waals surface area contributed by atoms with Gasteiger partial charge in [0.1, 0.15) is 0 Å². The molecule has 1 nitrogen and oxygen atoms in total. The van der Waals surface area contributed by atoms with Crippen molar-refractivity contribution < 1.29 is 0 Å². The fraction of sp³-hybridized carbons (Fsp3) is 0.375. The van der Waals surface area contributed by atoms with Crippen molar-refractivity contribution in [1.82, 2.24) is 5.32 Å². The highest BCUT2D eigenvalue weighted by Gasteiger charge is 2.19. The molecule has 1 heteroatoms. The number of nitrogens with one attached hydrogen (secondary N) is 1. The minimum atomic E-state index is 0.818. The molecule has 0 unspecified atom stereocenters. The number of fused-ring (bicyclic) bond motifs is 1. The van der Waals surface area contributed by atoms with E-state index < -0.39 is 0 Å². The van der Waals surface area contributed by atoms with E-state index in [9.17, 15) is 0 Å². The summed E-state index contributed by atoms with van der Waals surface area (Å²) in [5.74, 6) is 0. The molecule has 2 aromatic rings. The molecule has 0 heterocycles. The smallest absolute Gasteiger partial charge is 0.00683 e. The lowest BCUT2D eigenvalue weighted by molar-refractivity contribution is 0.682. The molecule has 0 saturated heterocycles. The van der Waals surface area contributed by atoms with Crippen molar-refractivity contribution in [1.29, 1.82) is 0 Å². The van der Waals surface area contributed by atoms with Crippen LogP contribution in [0.2, 0.25) is 0 Å². The van der Waals surface area contributed by atoms with Crippen LogP contribution in [0.4, 0.5) is 0 Å². The quantitative estimate of drug-likeness (QED) is 0.840. The van der Waals surface area contributed by atoms with Gasteiger partial charge in [-0.1, -0.05) is 42.0 Å². The summed E-state index contributed by atoms with van der Waals surface area (Å²) in [6.45, 7) is 3.26. The van der Waals surface area contributed by atoms with E-state index in [4.69, 9.17) is 0 Å². The molecule has 17 heavy (non-hydrogen) atoms. The molecule has 0 spiro atoms. The van der Waals surface area contributed by atoms with Gasteiger partial charge in [0, 0.05) is 6.04 Å². The summed E-state index contributed by atoms with van der Waals surface area (Å²) in [5, 5.41) is 6.27. The highest BCUT2D eigenvalue weighted by Crippen LogP contribution is 2.20. The minimum absolute atomic E-state index is 0.818. The number of rotatable bonds is 4. The molecule has 0 radical (unpaired) electrons. The van der Waals surface area contributed by atoms with Gasteiger partial charge < -0.3 is 5.32 Å². The molecule has 3 rings (SSSR count). The van der Waals surface area contributed by atoms with Gasteiger partial charge in [0.15, 0.2) is 0 Å². The zero-order valence-corrected chi connectivity index (χ0v) is 10.4. The van der Waals surface area contributed by atoms with E-state index in [1.165, 1.54) is 34.7 Å². The van der Waals surface area contributed by atoms with Gasteiger partial charge in [-0.15, -0.1) is 0 Å². The normalized spacial score (nSPS) is 15.4. The van der Waals surface area contributed by atoms with E-state index >= 15 is 0 Å². The third kappa shape index (κ3) is 2.67. The highest BCUT2D eigenvalue weighted by atomic mass is 14.9. The standard InChI is InChI=1S/C16H19N/c1-12-2-4-15-11-13(3-5-14(15)10-12)8-9-17-16-6-7-16/h2-5,10-11,16-17H,6-9H2,1H3. The van der Waals surface area contributed by atoms with Gasteiger partial charge in [-0.05, 0) is 49.1 Å².